The van der Waals surface area contributed by atoms with Gasteiger partial charge in [0.15, 0.2) is 5.96 Å². The molecule has 2 atom stereocenters. The molecule has 0 bridgehead atoms. The summed E-state index contributed by atoms with van der Waals surface area (Å²) in [5.41, 5.74) is 6.54. The highest BCUT2D eigenvalue weighted by Gasteiger charge is 2.25. The summed E-state index contributed by atoms with van der Waals surface area (Å²) in [5.74, 6) is 1.03. The van der Waals surface area contributed by atoms with Crippen LogP contribution in [-0.2, 0) is 4.79 Å². The summed E-state index contributed by atoms with van der Waals surface area (Å²) < 4.78 is 0. The summed E-state index contributed by atoms with van der Waals surface area (Å²) in [6, 6.07) is 10.7. The van der Waals surface area contributed by atoms with Crippen LogP contribution in [0.15, 0.2) is 35.3 Å². The summed E-state index contributed by atoms with van der Waals surface area (Å²) >= 11 is 0. The van der Waals surface area contributed by atoms with Crippen molar-refractivity contribution >= 4 is 35.8 Å². The Morgan fingerprint density at radius 3 is 2.66 bits per heavy atom. The molecule has 1 fully saturated rings. The molecule has 1 saturated heterocycles. The van der Waals surface area contributed by atoms with Crippen LogP contribution in [0, 0.1) is 5.92 Å². The second-order valence-corrected chi connectivity index (χ2v) is 8.46. The van der Waals surface area contributed by atoms with Gasteiger partial charge in [-0.3, -0.25) is 9.79 Å². The van der Waals surface area contributed by atoms with E-state index >= 15 is 0 Å². The van der Waals surface area contributed by atoms with Crippen LogP contribution in [0.1, 0.15) is 58.6 Å². The molecule has 0 radical (unpaired) electrons. The largest absolute Gasteiger partial charge is 0.370 e. The van der Waals surface area contributed by atoms with Gasteiger partial charge in [0, 0.05) is 37.6 Å². The highest BCUT2D eigenvalue weighted by atomic mass is 127. The number of carbonyl (C=O) groups is 1. The Labute approximate surface area is 193 Å². The van der Waals surface area contributed by atoms with Gasteiger partial charge in [-0.1, -0.05) is 30.3 Å². The molecular formula is C22H38IN5O. The number of hydrogen-bond donors (Lipinski definition) is 3. The van der Waals surface area contributed by atoms with E-state index in [0.717, 1.165) is 38.4 Å². The van der Waals surface area contributed by atoms with Gasteiger partial charge in [-0.15, -0.1) is 24.0 Å². The Morgan fingerprint density at radius 1 is 1.34 bits per heavy atom. The van der Waals surface area contributed by atoms with Gasteiger partial charge in [0.2, 0.25) is 5.91 Å². The van der Waals surface area contributed by atoms with Crippen molar-refractivity contribution in [3.8, 4) is 0 Å². The summed E-state index contributed by atoms with van der Waals surface area (Å²) in [6.45, 7) is 11.9. The summed E-state index contributed by atoms with van der Waals surface area (Å²) in [7, 11) is 0. The van der Waals surface area contributed by atoms with E-state index < -0.39 is 0 Å². The number of rotatable bonds is 8. The lowest BCUT2D eigenvalue weighted by Crippen LogP contribution is -2.49. The van der Waals surface area contributed by atoms with Crippen molar-refractivity contribution in [2.24, 2.45) is 16.6 Å². The first kappa shape index (κ1) is 25.7. The Morgan fingerprint density at radius 2 is 2.03 bits per heavy atom. The minimum Gasteiger partial charge on any atom is -0.370 e. The van der Waals surface area contributed by atoms with Gasteiger partial charge in [0.1, 0.15) is 0 Å². The number of nitrogens with one attached hydrogen (secondary N) is 2. The number of piperidine rings is 1. The number of primary amides is 1. The smallest absolute Gasteiger partial charge is 0.217 e. The first-order valence-electron chi connectivity index (χ1n) is 10.4. The molecule has 29 heavy (non-hydrogen) atoms. The minimum absolute atomic E-state index is 0. The number of carbonyl (C=O) groups excluding carboxylic acids is 1. The molecule has 0 spiro atoms. The van der Waals surface area contributed by atoms with Gasteiger partial charge >= 0.3 is 0 Å². The number of nitrogens with two attached hydrogens (primary N) is 1. The lowest BCUT2D eigenvalue weighted by molar-refractivity contribution is -0.119. The summed E-state index contributed by atoms with van der Waals surface area (Å²) in [6.07, 6.45) is 2.58. The molecule has 1 aliphatic heterocycles. The van der Waals surface area contributed by atoms with Gasteiger partial charge in [0.05, 0.1) is 6.54 Å². The fourth-order valence-electron chi connectivity index (χ4n) is 3.86. The molecular weight excluding hydrogens is 477 g/mol. The number of halogens is 1. The molecule has 1 amide bonds. The van der Waals surface area contributed by atoms with Crippen molar-refractivity contribution < 1.29 is 4.79 Å². The normalized spacial score (nSPS) is 18.7. The van der Waals surface area contributed by atoms with Gasteiger partial charge in [-0.05, 0) is 52.0 Å². The van der Waals surface area contributed by atoms with E-state index in [2.05, 4.69) is 67.5 Å². The zero-order chi connectivity index (χ0) is 20.6. The zero-order valence-corrected chi connectivity index (χ0v) is 20.6. The predicted molar refractivity (Wildman–Crippen MR) is 132 cm³/mol. The Balaban J connectivity index is 0.00000420. The van der Waals surface area contributed by atoms with E-state index in [1.807, 2.05) is 6.07 Å². The third-order valence-electron chi connectivity index (χ3n) is 5.17. The van der Waals surface area contributed by atoms with Crippen molar-refractivity contribution in [3.63, 3.8) is 0 Å². The predicted octanol–water partition coefficient (Wildman–Crippen LogP) is 3.29. The number of aliphatic imine (C=N–C) groups is 1. The second kappa shape index (κ2) is 12.4. The highest BCUT2D eigenvalue weighted by molar-refractivity contribution is 14.0. The SMILES string of the molecule is CCNC(=NCC(C)(C)NC(C)c1ccccc1)N1CCCC(CC(N)=O)C1.I. The Hall–Kier alpha value is -1.35. The molecule has 6 nitrogen and oxygen atoms in total. The Bertz CT molecular complexity index is 650. The van der Waals surface area contributed by atoms with E-state index in [1.165, 1.54) is 5.56 Å². The lowest BCUT2D eigenvalue weighted by atomic mass is 9.95. The van der Waals surface area contributed by atoms with E-state index in [9.17, 15) is 4.79 Å². The third-order valence-corrected chi connectivity index (χ3v) is 5.17. The third kappa shape index (κ3) is 8.90. The van der Waals surface area contributed by atoms with E-state index in [4.69, 9.17) is 10.7 Å². The number of guanidine groups is 1. The maximum absolute atomic E-state index is 11.3. The highest BCUT2D eigenvalue weighted by Crippen LogP contribution is 2.20. The fourth-order valence-corrected chi connectivity index (χ4v) is 3.86. The number of likely N-dealkylation sites (tertiary alicyclic amines) is 1. The molecule has 7 heteroatoms. The average Bonchev–Trinajstić information content (AvgIpc) is 2.65. The molecule has 164 valence electrons. The van der Waals surface area contributed by atoms with Crippen molar-refractivity contribution in [1.29, 1.82) is 0 Å². The van der Waals surface area contributed by atoms with Crippen LogP contribution in [0.5, 0.6) is 0 Å². The molecule has 1 aromatic rings. The van der Waals surface area contributed by atoms with Crippen molar-refractivity contribution in [1.82, 2.24) is 15.5 Å². The molecule has 1 aliphatic rings. The van der Waals surface area contributed by atoms with Crippen molar-refractivity contribution in [3.05, 3.63) is 35.9 Å². The molecule has 1 heterocycles. The van der Waals surface area contributed by atoms with Crippen molar-refractivity contribution in [2.45, 2.75) is 58.5 Å². The van der Waals surface area contributed by atoms with Gasteiger partial charge < -0.3 is 21.3 Å². The zero-order valence-electron chi connectivity index (χ0n) is 18.3. The molecule has 0 aromatic heterocycles. The monoisotopic (exact) mass is 515 g/mol. The Kier molecular flexibility index (Phi) is 11.0. The summed E-state index contributed by atoms with van der Waals surface area (Å²) in [4.78, 5) is 18.5. The van der Waals surface area contributed by atoms with Crippen LogP contribution in [0.2, 0.25) is 0 Å². The van der Waals surface area contributed by atoms with E-state index in [0.29, 0.717) is 18.9 Å². The summed E-state index contributed by atoms with van der Waals surface area (Å²) in [5, 5.41) is 7.11. The van der Waals surface area contributed by atoms with Crippen molar-refractivity contribution in [2.75, 3.05) is 26.2 Å². The van der Waals surface area contributed by atoms with Gasteiger partial charge in [-0.2, -0.15) is 0 Å². The molecule has 2 unspecified atom stereocenters. The van der Waals surface area contributed by atoms with E-state index in [1.54, 1.807) is 0 Å². The van der Waals surface area contributed by atoms with Crippen LogP contribution in [-0.4, -0.2) is 48.5 Å². The minimum atomic E-state index is -0.214. The molecule has 4 N–H and O–H groups in total. The molecule has 0 saturated carbocycles. The van der Waals surface area contributed by atoms with Crippen LogP contribution >= 0.6 is 24.0 Å². The van der Waals surface area contributed by atoms with Crippen LogP contribution in [0.25, 0.3) is 0 Å². The quantitative estimate of drug-likeness (QED) is 0.282. The number of nitrogens with zero attached hydrogens (tertiary/aromatic N) is 2. The maximum Gasteiger partial charge on any atom is 0.217 e. The first-order valence-corrected chi connectivity index (χ1v) is 10.4. The molecule has 2 rings (SSSR count). The van der Waals surface area contributed by atoms with E-state index in [-0.39, 0.29) is 41.5 Å². The van der Waals surface area contributed by atoms with Crippen LogP contribution in [0.4, 0.5) is 0 Å². The standard InChI is InChI=1S/C22H37N5O.HI/c1-5-24-21(27-13-9-10-18(15-27)14-20(23)28)25-16-22(3,4)26-17(2)19-11-7-6-8-12-19;/h6-8,11-12,17-18,26H,5,9-10,13-16H2,1-4H3,(H2,23,28)(H,24,25);1H. The maximum atomic E-state index is 11.3. The molecule has 0 aliphatic carbocycles. The van der Waals surface area contributed by atoms with Crippen LogP contribution < -0.4 is 16.4 Å². The molecule has 1 aromatic carbocycles. The number of hydrogen-bond acceptors (Lipinski definition) is 3. The number of benzene rings is 1. The van der Waals surface area contributed by atoms with Crippen LogP contribution in [0.3, 0.4) is 0 Å². The van der Waals surface area contributed by atoms with Gasteiger partial charge in [0.25, 0.3) is 0 Å². The van der Waals surface area contributed by atoms with Gasteiger partial charge in [-0.25, -0.2) is 0 Å². The number of amides is 1. The first-order chi connectivity index (χ1) is 13.3. The fraction of sp³-hybridized carbons (Fsp3) is 0.636. The average molecular weight is 515 g/mol. The lowest BCUT2D eigenvalue weighted by Gasteiger charge is -2.35. The topological polar surface area (TPSA) is 82.8 Å². The second-order valence-electron chi connectivity index (χ2n) is 8.46.